The van der Waals surface area contributed by atoms with E-state index in [0.717, 1.165) is 4.70 Å². The number of nitrogens with zero attached hydrogens (tertiary/aromatic N) is 1. The summed E-state index contributed by atoms with van der Waals surface area (Å²) in [7, 11) is 0. The summed E-state index contributed by atoms with van der Waals surface area (Å²) >= 11 is 1.37. The lowest BCUT2D eigenvalue weighted by Gasteiger charge is -2.08. The van der Waals surface area contributed by atoms with Crippen LogP contribution in [0.5, 0.6) is 0 Å². The smallest absolute Gasteiger partial charge is 0.273 e. The SMILES string of the molecule is CC(=O)Nc1ccccc1-n1sc2ccccc2c1=O. The number of amides is 1. The molecule has 0 atom stereocenters. The van der Waals surface area contributed by atoms with Gasteiger partial charge in [-0.1, -0.05) is 35.8 Å². The number of para-hydroxylation sites is 2. The molecule has 5 heteroatoms. The molecule has 0 saturated heterocycles. The minimum Gasteiger partial charge on any atom is -0.324 e. The van der Waals surface area contributed by atoms with E-state index in [-0.39, 0.29) is 11.5 Å². The summed E-state index contributed by atoms with van der Waals surface area (Å²) < 4.78 is 2.53. The van der Waals surface area contributed by atoms with Gasteiger partial charge in [-0.2, -0.15) is 0 Å². The van der Waals surface area contributed by atoms with Crippen LogP contribution in [-0.2, 0) is 4.79 Å². The largest absolute Gasteiger partial charge is 0.324 e. The number of rotatable bonds is 2. The molecule has 0 aliphatic rings. The van der Waals surface area contributed by atoms with Gasteiger partial charge in [-0.15, -0.1) is 0 Å². The van der Waals surface area contributed by atoms with Crippen molar-refractivity contribution in [3.8, 4) is 5.69 Å². The number of anilines is 1. The maximum absolute atomic E-state index is 12.4. The number of fused-ring (bicyclic) bond motifs is 1. The third-order valence-electron chi connectivity index (χ3n) is 2.93. The summed E-state index contributed by atoms with van der Waals surface area (Å²) in [6, 6.07) is 14.8. The van der Waals surface area contributed by atoms with Crippen LogP contribution in [0.25, 0.3) is 15.8 Å². The van der Waals surface area contributed by atoms with Gasteiger partial charge < -0.3 is 5.32 Å². The first-order valence-corrected chi connectivity index (χ1v) is 6.92. The molecule has 0 unspecified atom stereocenters. The number of nitrogens with one attached hydrogen (secondary N) is 1. The van der Waals surface area contributed by atoms with E-state index in [1.165, 1.54) is 18.5 Å². The van der Waals surface area contributed by atoms with Crippen LogP contribution in [0.1, 0.15) is 6.92 Å². The zero-order valence-corrected chi connectivity index (χ0v) is 11.6. The van der Waals surface area contributed by atoms with Crippen molar-refractivity contribution in [3.63, 3.8) is 0 Å². The molecule has 0 spiro atoms. The second-order valence-corrected chi connectivity index (χ2v) is 5.37. The molecule has 0 saturated carbocycles. The lowest BCUT2D eigenvalue weighted by Crippen LogP contribution is -2.14. The summed E-state index contributed by atoms with van der Waals surface area (Å²) in [4.78, 5) is 23.7. The van der Waals surface area contributed by atoms with E-state index >= 15 is 0 Å². The Hall–Kier alpha value is -2.40. The fraction of sp³-hybridized carbons (Fsp3) is 0.0667. The van der Waals surface area contributed by atoms with Gasteiger partial charge in [0.1, 0.15) is 0 Å². The molecule has 1 amide bonds. The van der Waals surface area contributed by atoms with E-state index in [1.807, 2.05) is 42.5 Å². The third kappa shape index (κ3) is 2.12. The number of hydrogen-bond donors (Lipinski definition) is 1. The first-order valence-electron chi connectivity index (χ1n) is 6.15. The monoisotopic (exact) mass is 284 g/mol. The zero-order chi connectivity index (χ0) is 14.1. The van der Waals surface area contributed by atoms with Crippen molar-refractivity contribution >= 4 is 33.2 Å². The number of carbonyl (C=O) groups excluding carboxylic acids is 1. The predicted molar refractivity (Wildman–Crippen MR) is 81.7 cm³/mol. The second-order valence-electron chi connectivity index (χ2n) is 4.39. The highest BCUT2D eigenvalue weighted by atomic mass is 32.1. The van der Waals surface area contributed by atoms with Gasteiger partial charge in [0.2, 0.25) is 5.91 Å². The molecule has 1 heterocycles. The van der Waals surface area contributed by atoms with Crippen LogP contribution in [0.4, 0.5) is 5.69 Å². The Kier molecular flexibility index (Phi) is 3.12. The predicted octanol–water partition coefficient (Wildman–Crippen LogP) is 3.01. The molecule has 0 bridgehead atoms. The van der Waals surface area contributed by atoms with E-state index in [9.17, 15) is 9.59 Å². The van der Waals surface area contributed by atoms with Gasteiger partial charge in [0.25, 0.3) is 5.56 Å². The second kappa shape index (κ2) is 4.94. The highest BCUT2D eigenvalue weighted by molar-refractivity contribution is 7.14. The Morgan fingerprint density at radius 3 is 2.55 bits per heavy atom. The number of hydrogen-bond acceptors (Lipinski definition) is 3. The maximum atomic E-state index is 12.4. The molecular weight excluding hydrogens is 272 g/mol. The highest BCUT2D eigenvalue weighted by Gasteiger charge is 2.12. The van der Waals surface area contributed by atoms with Gasteiger partial charge >= 0.3 is 0 Å². The molecule has 20 heavy (non-hydrogen) atoms. The van der Waals surface area contributed by atoms with Gasteiger partial charge in [-0.3, -0.25) is 9.59 Å². The van der Waals surface area contributed by atoms with E-state index in [1.54, 1.807) is 10.0 Å². The molecule has 4 nitrogen and oxygen atoms in total. The van der Waals surface area contributed by atoms with Gasteiger partial charge in [-0.05, 0) is 24.3 Å². The van der Waals surface area contributed by atoms with Crippen molar-refractivity contribution in [1.82, 2.24) is 3.96 Å². The average molecular weight is 284 g/mol. The quantitative estimate of drug-likeness (QED) is 0.786. The Labute approximate surface area is 119 Å². The minimum absolute atomic E-state index is 0.0663. The van der Waals surface area contributed by atoms with E-state index in [0.29, 0.717) is 16.8 Å². The Morgan fingerprint density at radius 1 is 1.10 bits per heavy atom. The molecule has 0 aliphatic carbocycles. The summed E-state index contributed by atoms with van der Waals surface area (Å²) in [5.41, 5.74) is 1.26. The number of aromatic nitrogens is 1. The Morgan fingerprint density at radius 2 is 1.80 bits per heavy atom. The van der Waals surface area contributed by atoms with Crippen LogP contribution in [0.3, 0.4) is 0 Å². The Bertz CT molecular complexity index is 848. The van der Waals surface area contributed by atoms with E-state index < -0.39 is 0 Å². The molecule has 3 aromatic rings. The van der Waals surface area contributed by atoms with Crippen molar-refractivity contribution in [2.75, 3.05) is 5.32 Å². The molecule has 0 fully saturated rings. The molecule has 0 aliphatic heterocycles. The van der Waals surface area contributed by atoms with Crippen LogP contribution in [0.2, 0.25) is 0 Å². The molecular formula is C15H12N2O2S. The first kappa shape index (κ1) is 12.6. The van der Waals surface area contributed by atoms with Crippen LogP contribution >= 0.6 is 11.5 Å². The lowest BCUT2D eigenvalue weighted by molar-refractivity contribution is -0.114. The lowest BCUT2D eigenvalue weighted by atomic mass is 10.2. The summed E-state index contributed by atoms with van der Waals surface area (Å²) in [5.74, 6) is -0.161. The molecule has 1 aromatic heterocycles. The molecule has 2 aromatic carbocycles. The van der Waals surface area contributed by atoms with Crippen LogP contribution in [0.15, 0.2) is 53.3 Å². The number of benzene rings is 2. The summed E-state index contributed by atoms with van der Waals surface area (Å²) in [6.07, 6.45) is 0. The van der Waals surface area contributed by atoms with Crippen molar-refractivity contribution in [1.29, 1.82) is 0 Å². The highest BCUT2D eigenvalue weighted by Crippen LogP contribution is 2.24. The van der Waals surface area contributed by atoms with Crippen molar-refractivity contribution in [3.05, 3.63) is 58.9 Å². The van der Waals surface area contributed by atoms with Crippen molar-refractivity contribution in [2.45, 2.75) is 6.92 Å². The van der Waals surface area contributed by atoms with Crippen LogP contribution < -0.4 is 10.9 Å². The fourth-order valence-corrected chi connectivity index (χ4v) is 3.11. The average Bonchev–Trinajstić information content (AvgIpc) is 2.77. The summed E-state index contributed by atoms with van der Waals surface area (Å²) in [5, 5.41) is 3.44. The first-order chi connectivity index (χ1) is 9.66. The minimum atomic E-state index is -0.161. The van der Waals surface area contributed by atoms with Gasteiger partial charge in [-0.25, -0.2) is 3.96 Å². The molecule has 3 rings (SSSR count). The normalized spacial score (nSPS) is 10.7. The van der Waals surface area contributed by atoms with Crippen molar-refractivity contribution in [2.24, 2.45) is 0 Å². The van der Waals surface area contributed by atoms with Crippen LogP contribution in [-0.4, -0.2) is 9.86 Å². The van der Waals surface area contributed by atoms with Gasteiger partial charge in [0.05, 0.1) is 21.5 Å². The fourth-order valence-electron chi connectivity index (χ4n) is 2.08. The zero-order valence-electron chi connectivity index (χ0n) is 10.8. The van der Waals surface area contributed by atoms with E-state index in [4.69, 9.17) is 0 Å². The summed E-state index contributed by atoms with van der Waals surface area (Å²) in [6.45, 7) is 1.45. The standard InChI is InChI=1S/C15H12N2O2S/c1-10(18)16-12-7-3-4-8-13(12)17-15(19)11-6-2-5-9-14(11)20-17/h2-9H,1H3,(H,16,18). The maximum Gasteiger partial charge on any atom is 0.273 e. The van der Waals surface area contributed by atoms with E-state index in [2.05, 4.69) is 5.32 Å². The molecule has 0 radical (unpaired) electrons. The van der Waals surface area contributed by atoms with Gasteiger partial charge in [0, 0.05) is 6.92 Å². The molecule has 1 N–H and O–H groups in total. The topological polar surface area (TPSA) is 51.1 Å². The molecule has 100 valence electrons. The van der Waals surface area contributed by atoms with Crippen LogP contribution in [0, 0.1) is 0 Å². The Balaban J connectivity index is 2.23. The van der Waals surface area contributed by atoms with Crippen molar-refractivity contribution < 1.29 is 4.79 Å². The third-order valence-corrected chi connectivity index (χ3v) is 4.02. The number of carbonyl (C=O) groups is 1. The van der Waals surface area contributed by atoms with Gasteiger partial charge in [0.15, 0.2) is 0 Å².